The standard InChI is InChI=1S/C30H41N5O5/c1-39-14-13-34(29(37)23-8-10-26(40-2)11-9-23)25-16-27(35(20-25)30(38)24-7-4-12-32-19-24)28(36)33-18-22-6-3-5-21(15-22)17-31/h4,7-12,19,21-22,25,27H,3,5-6,13-18,20,31H2,1-2H3,(H,33,36). The van der Waals surface area contributed by atoms with Crippen molar-refractivity contribution >= 4 is 17.7 Å². The normalized spacial score (nSPS) is 22.5. The van der Waals surface area contributed by atoms with Crippen molar-refractivity contribution in [1.29, 1.82) is 0 Å². The molecule has 1 aliphatic heterocycles. The van der Waals surface area contributed by atoms with Gasteiger partial charge in [-0.1, -0.05) is 6.42 Å². The van der Waals surface area contributed by atoms with Gasteiger partial charge in [0.25, 0.3) is 11.8 Å². The van der Waals surface area contributed by atoms with Gasteiger partial charge in [-0.15, -0.1) is 0 Å². The topological polar surface area (TPSA) is 127 Å². The highest BCUT2D eigenvalue weighted by molar-refractivity contribution is 5.98. The highest BCUT2D eigenvalue weighted by atomic mass is 16.5. The van der Waals surface area contributed by atoms with Gasteiger partial charge in [0.15, 0.2) is 0 Å². The second-order valence-electron chi connectivity index (χ2n) is 10.7. The van der Waals surface area contributed by atoms with E-state index in [9.17, 15) is 14.4 Å². The molecule has 2 fully saturated rings. The molecule has 4 rings (SSSR count). The number of ether oxygens (including phenoxy) is 2. The van der Waals surface area contributed by atoms with E-state index in [1.165, 1.54) is 6.20 Å². The maximum atomic E-state index is 13.7. The first-order valence-electron chi connectivity index (χ1n) is 14.1. The van der Waals surface area contributed by atoms with Crippen LogP contribution in [-0.4, -0.2) is 91.6 Å². The summed E-state index contributed by atoms with van der Waals surface area (Å²) in [5, 5.41) is 3.12. The van der Waals surface area contributed by atoms with Gasteiger partial charge < -0.3 is 30.3 Å². The summed E-state index contributed by atoms with van der Waals surface area (Å²) in [6.07, 6.45) is 7.75. The van der Waals surface area contributed by atoms with Crippen LogP contribution in [0.25, 0.3) is 0 Å². The molecule has 0 spiro atoms. The number of carbonyl (C=O) groups is 3. The van der Waals surface area contributed by atoms with E-state index < -0.39 is 6.04 Å². The first kappa shape index (κ1) is 29.5. The third-order valence-electron chi connectivity index (χ3n) is 8.12. The summed E-state index contributed by atoms with van der Waals surface area (Å²) in [5.74, 6) is 0.865. The zero-order chi connectivity index (χ0) is 28.5. The van der Waals surface area contributed by atoms with Crippen molar-refractivity contribution in [2.75, 3.05) is 47.0 Å². The minimum absolute atomic E-state index is 0.186. The largest absolute Gasteiger partial charge is 0.497 e. The summed E-state index contributed by atoms with van der Waals surface area (Å²) >= 11 is 0. The van der Waals surface area contributed by atoms with Gasteiger partial charge in [0, 0.05) is 44.7 Å². The van der Waals surface area contributed by atoms with Crippen molar-refractivity contribution in [3.05, 3.63) is 59.9 Å². The number of nitrogens with zero attached hydrogens (tertiary/aromatic N) is 3. The fourth-order valence-electron chi connectivity index (χ4n) is 5.87. The number of nitrogens with one attached hydrogen (secondary N) is 1. The predicted octanol–water partition coefficient (Wildman–Crippen LogP) is 2.34. The van der Waals surface area contributed by atoms with E-state index in [-0.39, 0.29) is 30.3 Å². The van der Waals surface area contributed by atoms with E-state index in [0.29, 0.717) is 61.4 Å². The third-order valence-corrected chi connectivity index (χ3v) is 8.12. The predicted molar refractivity (Wildman–Crippen MR) is 151 cm³/mol. The lowest BCUT2D eigenvalue weighted by Crippen LogP contribution is -2.47. The fourth-order valence-corrected chi connectivity index (χ4v) is 5.87. The molecule has 3 N–H and O–H groups in total. The van der Waals surface area contributed by atoms with Crippen LogP contribution in [0.4, 0.5) is 0 Å². The lowest BCUT2D eigenvalue weighted by atomic mass is 9.81. The number of likely N-dealkylation sites (tertiary alicyclic amines) is 1. The maximum absolute atomic E-state index is 13.7. The number of pyridine rings is 1. The minimum atomic E-state index is -0.708. The Morgan fingerprint density at radius 1 is 1.07 bits per heavy atom. The summed E-state index contributed by atoms with van der Waals surface area (Å²) < 4.78 is 10.5. The SMILES string of the molecule is COCCN(C(=O)c1ccc(OC)cc1)C1CC(C(=O)NCC2CCCC(CN)C2)N(C(=O)c2cccnc2)C1. The van der Waals surface area contributed by atoms with Crippen molar-refractivity contribution in [2.45, 2.75) is 44.2 Å². The molecule has 1 aromatic carbocycles. The molecule has 10 nitrogen and oxygen atoms in total. The molecule has 4 unspecified atom stereocenters. The van der Waals surface area contributed by atoms with Crippen LogP contribution < -0.4 is 15.8 Å². The summed E-state index contributed by atoms with van der Waals surface area (Å²) in [7, 11) is 3.16. The zero-order valence-corrected chi connectivity index (χ0v) is 23.5. The van der Waals surface area contributed by atoms with Gasteiger partial charge in [0.1, 0.15) is 11.8 Å². The van der Waals surface area contributed by atoms with Crippen LogP contribution in [0.1, 0.15) is 52.8 Å². The number of carbonyl (C=O) groups excluding carboxylic acids is 3. The molecule has 2 aliphatic rings. The van der Waals surface area contributed by atoms with Gasteiger partial charge in [-0.05, 0) is 80.5 Å². The molecule has 0 bridgehead atoms. The molecule has 10 heteroatoms. The minimum Gasteiger partial charge on any atom is -0.497 e. The first-order valence-corrected chi connectivity index (χ1v) is 14.1. The van der Waals surface area contributed by atoms with Gasteiger partial charge in [-0.2, -0.15) is 0 Å². The van der Waals surface area contributed by atoms with Crippen LogP contribution in [0.3, 0.4) is 0 Å². The molecule has 4 atom stereocenters. The Hall–Kier alpha value is -3.50. The Labute approximate surface area is 236 Å². The quantitative estimate of drug-likeness (QED) is 0.439. The lowest BCUT2D eigenvalue weighted by Gasteiger charge is -2.29. The summed E-state index contributed by atoms with van der Waals surface area (Å²) in [5.41, 5.74) is 6.81. The van der Waals surface area contributed by atoms with E-state index in [1.54, 1.807) is 66.6 Å². The number of benzene rings is 1. The Morgan fingerprint density at radius 2 is 1.85 bits per heavy atom. The average molecular weight is 552 g/mol. The van der Waals surface area contributed by atoms with E-state index in [2.05, 4.69) is 10.3 Å². The molecule has 3 amide bonds. The summed E-state index contributed by atoms with van der Waals surface area (Å²) in [6, 6.07) is 9.24. The van der Waals surface area contributed by atoms with Crippen LogP contribution in [-0.2, 0) is 9.53 Å². The molecule has 1 aliphatic carbocycles. The van der Waals surface area contributed by atoms with Crippen molar-refractivity contribution in [1.82, 2.24) is 20.1 Å². The summed E-state index contributed by atoms with van der Waals surface area (Å²) in [6.45, 7) is 2.12. The molecule has 0 radical (unpaired) electrons. The number of hydrogen-bond donors (Lipinski definition) is 2. The average Bonchev–Trinajstić information content (AvgIpc) is 3.45. The Morgan fingerprint density at radius 3 is 2.52 bits per heavy atom. The van der Waals surface area contributed by atoms with Crippen LogP contribution in [0.2, 0.25) is 0 Å². The van der Waals surface area contributed by atoms with E-state index >= 15 is 0 Å². The fraction of sp³-hybridized carbons (Fsp3) is 0.533. The molecule has 2 heterocycles. The summed E-state index contributed by atoms with van der Waals surface area (Å²) in [4.78, 5) is 48.2. The monoisotopic (exact) mass is 551 g/mol. The number of aromatic nitrogens is 1. The van der Waals surface area contributed by atoms with Crippen molar-refractivity contribution in [2.24, 2.45) is 17.6 Å². The van der Waals surface area contributed by atoms with Gasteiger partial charge in [-0.25, -0.2) is 0 Å². The highest BCUT2D eigenvalue weighted by Gasteiger charge is 2.43. The molecule has 2 aromatic rings. The van der Waals surface area contributed by atoms with Crippen molar-refractivity contribution in [3.63, 3.8) is 0 Å². The first-order chi connectivity index (χ1) is 19.4. The Bertz CT molecular complexity index is 1130. The van der Waals surface area contributed by atoms with Crippen LogP contribution in [0.5, 0.6) is 5.75 Å². The van der Waals surface area contributed by atoms with Crippen LogP contribution in [0.15, 0.2) is 48.8 Å². The molecule has 1 saturated heterocycles. The van der Waals surface area contributed by atoms with Gasteiger partial charge in [-0.3, -0.25) is 19.4 Å². The molecular formula is C30H41N5O5. The highest BCUT2D eigenvalue weighted by Crippen LogP contribution is 2.29. The number of methoxy groups -OCH3 is 2. The van der Waals surface area contributed by atoms with E-state index in [1.807, 2.05) is 0 Å². The number of amides is 3. The van der Waals surface area contributed by atoms with Crippen LogP contribution >= 0.6 is 0 Å². The molecule has 40 heavy (non-hydrogen) atoms. The number of nitrogens with two attached hydrogens (primary N) is 1. The second kappa shape index (κ2) is 14.2. The Balaban J connectivity index is 1.54. The molecular weight excluding hydrogens is 510 g/mol. The van der Waals surface area contributed by atoms with Crippen molar-refractivity contribution < 1.29 is 23.9 Å². The van der Waals surface area contributed by atoms with E-state index in [0.717, 1.165) is 25.7 Å². The zero-order valence-electron chi connectivity index (χ0n) is 23.5. The Kier molecular flexibility index (Phi) is 10.5. The smallest absolute Gasteiger partial charge is 0.256 e. The van der Waals surface area contributed by atoms with Gasteiger partial charge >= 0.3 is 0 Å². The van der Waals surface area contributed by atoms with E-state index in [4.69, 9.17) is 15.2 Å². The second-order valence-corrected chi connectivity index (χ2v) is 10.7. The lowest BCUT2D eigenvalue weighted by molar-refractivity contribution is -0.125. The van der Waals surface area contributed by atoms with Crippen molar-refractivity contribution in [3.8, 4) is 5.75 Å². The molecule has 216 valence electrons. The van der Waals surface area contributed by atoms with Gasteiger partial charge in [0.05, 0.1) is 25.3 Å². The number of rotatable bonds is 11. The molecule has 1 aromatic heterocycles. The third kappa shape index (κ3) is 7.17. The maximum Gasteiger partial charge on any atom is 0.256 e. The van der Waals surface area contributed by atoms with Gasteiger partial charge in [0.2, 0.25) is 5.91 Å². The molecule has 1 saturated carbocycles. The number of hydrogen-bond acceptors (Lipinski definition) is 7. The van der Waals surface area contributed by atoms with Crippen LogP contribution in [0, 0.1) is 11.8 Å².